The summed E-state index contributed by atoms with van der Waals surface area (Å²) < 4.78 is 0.833. The number of nitrogens with zero attached hydrogens (tertiary/aromatic N) is 1. The van der Waals surface area contributed by atoms with Crippen molar-refractivity contribution < 1.29 is 4.79 Å². The van der Waals surface area contributed by atoms with Crippen LogP contribution < -0.4 is 5.73 Å². The highest BCUT2D eigenvalue weighted by molar-refractivity contribution is 9.10. The Morgan fingerprint density at radius 2 is 2.00 bits per heavy atom. The van der Waals surface area contributed by atoms with Gasteiger partial charge in [0.05, 0.1) is 0 Å². The maximum absolute atomic E-state index is 12.4. The molecular formula is C14H19BrN2O. The third kappa shape index (κ3) is 2.86. The summed E-state index contributed by atoms with van der Waals surface area (Å²) in [5.41, 5.74) is 7.10. The van der Waals surface area contributed by atoms with Crippen LogP contribution in [0.1, 0.15) is 42.5 Å². The molecule has 0 saturated heterocycles. The van der Waals surface area contributed by atoms with Crippen LogP contribution in [-0.4, -0.2) is 23.9 Å². The van der Waals surface area contributed by atoms with E-state index in [0.717, 1.165) is 17.3 Å². The second-order valence-electron chi connectivity index (χ2n) is 4.94. The third-order valence-electron chi connectivity index (χ3n) is 3.69. The number of hydrogen-bond donors (Lipinski definition) is 1. The van der Waals surface area contributed by atoms with Crippen LogP contribution in [-0.2, 0) is 0 Å². The predicted octanol–water partition coefficient (Wildman–Crippen LogP) is 3.44. The van der Waals surface area contributed by atoms with Crippen LogP contribution in [0.4, 0.5) is 5.69 Å². The summed E-state index contributed by atoms with van der Waals surface area (Å²) in [4.78, 5) is 14.2. The molecule has 1 fully saturated rings. The molecule has 0 aliphatic heterocycles. The van der Waals surface area contributed by atoms with E-state index in [9.17, 15) is 4.79 Å². The quantitative estimate of drug-likeness (QED) is 0.851. The molecule has 4 heteroatoms. The summed E-state index contributed by atoms with van der Waals surface area (Å²) in [7, 11) is 1.90. The number of nitrogens with two attached hydrogens (primary N) is 1. The van der Waals surface area contributed by atoms with Crippen LogP contribution in [0, 0.1) is 0 Å². The predicted molar refractivity (Wildman–Crippen MR) is 77.5 cm³/mol. The van der Waals surface area contributed by atoms with Crippen molar-refractivity contribution in [3.63, 3.8) is 0 Å². The Morgan fingerprint density at radius 3 is 2.61 bits per heavy atom. The van der Waals surface area contributed by atoms with Crippen molar-refractivity contribution in [3.05, 3.63) is 28.2 Å². The normalized spacial score (nSPS) is 16.6. The zero-order valence-corrected chi connectivity index (χ0v) is 12.2. The average molecular weight is 311 g/mol. The molecule has 1 aromatic rings. The lowest BCUT2D eigenvalue weighted by molar-refractivity contribution is 0.0696. The second kappa shape index (κ2) is 5.74. The Labute approximate surface area is 116 Å². The first kappa shape index (κ1) is 13.4. The van der Waals surface area contributed by atoms with E-state index in [4.69, 9.17) is 5.73 Å². The fourth-order valence-electron chi connectivity index (χ4n) is 2.51. The van der Waals surface area contributed by atoms with Crippen LogP contribution in [0.2, 0.25) is 0 Å². The lowest BCUT2D eigenvalue weighted by Crippen LogP contribution is -2.38. The summed E-state index contributed by atoms with van der Waals surface area (Å²) in [5, 5.41) is 0. The highest BCUT2D eigenvalue weighted by Crippen LogP contribution is 2.25. The monoisotopic (exact) mass is 310 g/mol. The Hall–Kier alpha value is -1.03. The summed E-state index contributed by atoms with van der Waals surface area (Å²) >= 11 is 3.34. The van der Waals surface area contributed by atoms with E-state index in [1.165, 1.54) is 19.3 Å². The smallest absolute Gasteiger partial charge is 0.253 e. The van der Waals surface area contributed by atoms with Gasteiger partial charge in [-0.15, -0.1) is 0 Å². The molecule has 1 amide bonds. The fourth-order valence-corrected chi connectivity index (χ4v) is 2.76. The number of nitrogen functional groups attached to an aromatic ring is 1. The number of hydrogen-bond acceptors (Lipinski definition) is 2. The first-order valence-electron chi connectivity index (χ1n) is 6.42. The number of carbonyl (C=O) groups is 1. The van der Waals surface area contributed by atoms with Crippen LogP contribution in [0.5, 0.6) is 0 Å². The van der Waals surface area contributed by atoms with Gasteiger partial charge >= 0.3 is 0 Å². The van der Waals surface area contributed by atoms with Crippen molar-refractivity contribution >= 4 is 27.5 Å². The van der Waals surface area contributed by atoms with Gasteiger partial charge in [-0.1, -0.05) is 19.3 Å². The standard InChI is InChI=1S/C14H19BrN2O/c1-17(11-5-3-2-4-6-11)14(18)10-7-8-12(15)13(16)9-10/h7-9,11H,2-6,16H2,1H3. The summed E-state index contributed by atoms with van der Waals surface area (Å²) in [6.07, 6.45) is 5.99. The van der Waals surface area contributed by atoms with E-state index in [-0.39, 0.29) is 5.91 Å². The number of carbonyl (C=O) groups excluding carboxylic acids is 1. The molecule has 0 aromatic heterocycles. The first-order chi connectivity index (χ1) is 8.59. The molecule has 0 bridgehead atoms. The van der Waals surface area contributed by atoms with Gasteiger partial charge in [-0.05, 0) is 47.0 Å². The van der Waals surface area contributed by atoms with E-state index in [2.05, 4.69) is 15.9 Å². The molecule has 1 saturated carbocycles. The summed E-state index contributed by atoms with van der Waals surface area (Å²) in [6, 6.07) is 5.78. The van der Waals surface area contributed by atoms with E-state index in [0.29, 0.717) is 17.3 Å². The van der Waals surface area contributed by atoms with Crippen molar-refractivity contribution in [3.8, 4) is 0 Å². The van der Waals surface area contributed by atoms with Crippen LogP contribution >= 0.6 is 15.9 Å². The van der Waals surface area contributed by atoms with Crippen molar-refractivity contribution in [2.75, 3.05) is 12.8 Å². The van der Waals surface area contributed by atoms with Gasteiger partial charge in [0.2, 0.25) is 0 Å². The number of halogens is 1. The van der Waals surface area contributed by atoms with Crippen LogP contribution in [0.25, 0.3) is 0 Å². The number of rotatable bonds is 2. The molecule has 0 spiro atoms. The first-order valence-corrected chi connectivity index (χ1v) is 7.21. The number of amides is 1. The van der Waals surface area contributed by atoms with Gasteiger partial charge in [-0.25, -0.2) is 0 Å². The molecule has 0 radical (unpaired) electrons. The zero-order valence-electron chi connectivity index (χ0n) is 10.7. The largest absolute Gasteiger partial charge is 0.398 e. The van der Waals surface area contributed by atoms with Gasteiger partial charge in [0.1, 0.15) is 0 Å². The Morgan fingerprint density at radius 1 is 1.33 bits per heavy atom. The molecule has 18 heavy (non-hydrogen) atoms. The minimum absolute atomic E-state index is 0.0705. The van der Waals surface area contributed by atoms with Gasteiger partial charge in [0.15, 0.2) is 0 Å². The highest BCUT2D eigenvalue weighted by Gasteiger charge is 2.23. The van der Waals surface area contributed by atoms with E-state index in [1.807, 2.05) is 24.1 Å². The Kier molecular flexibility index (Phi) is 4.27. The van der Waals surface area contributed by atoms with E-state index in [1.54, 1.807) is 6.07 Å². The van der Waals surface area contributed by atoms with Crippen molar-refractivity contribution in [1.29, 1.82) is 0 Å². The molecule has 3 nitrogen and oxygen atoms in total. The lowest BCUT2D eigenvalue weighted by atomic mass is 9.94. The summed E-state index contributed by atoms with van der Waals surface area (Å²) in [5.74, 6) is 0.0705. The van der Waals surface area contributed by atoms with Crippen molar-refractivity contribution in [2.45, 2.75) is 38.1 Å². The maximum Gasteiger partial charge on any atom is 0.253 e. The highest BCUT2D eigenvalue weighted by atomic mass is 79.9. The number of anilines is 1. The average Bonchev–Trinajstić information content (AvgIpc) is 2.41. The van der Waals surface area contributed by atoms with E-state index < -0.39 is 0 Å². The lowest BCUT2D eigenvalue weighted by Gasteiger charge is -2.31. The maximum atomic E-state index is 12.4. The SMILES string of the molecule is CN(C(=O)c1ccc(Br)c(N)c1)C1CCCCC1. The van der Waals surface area contributed by atoms with Crippen molar-refractivity contribution in [2.24, 2.45) is 0 Å². The third-order valence-corrected chi connectivity index (χ3v) is 4.41. The van der Waals surface area contributed by atoms with Crippen LogP contribution in [0.3, 0.4) is 0 Å². The van der Waals surface area contributed by atoms with E-state index >= 15 is 0 Å². The van der Waals surface area contributed by atoms with Gasteiger partial charge in [0, 0.05) is 28.8 Å². The molecule has 0 unspecified atom stereocenters. The molecule has 98 valence electrons. The Balaban J connectivity index is 2.11. The van der Waals surface area contributed by atoms with Gasteiger partial charge in [0.25, 0.3) is 5.91 Å². The minimum atomic E-state index is 0.0705. The molecule has 1 aromatic carbocycles. The van der Waals surface area contributed by atoms with Gasteiger partial charge in [-0.3, -0.25) is 4.79 Å². The van der Waals surface area contributed by atoms with Gasteiger partial charge in [-0.2, -0.15) is 0 Å². The van der Waals surface area contributed by atoms with Crippen molar-refractivity contribution in [1.82, 2.24) is 4.90 Å². The minimum Gasteiger partial charge on any atom is -0.398 e. The van der Waals surface area contributed by atoms with Crippen LogP contribution in [0.15, 0.2) is 22.7 Å². The molecule has 0 atom stereocenters. The zero-order chi connectivity index (χ0) is 13.1. The molecular weight excluding hydrogens is 292 g/mol. The molecule has 2 N–H and O–H groups in total. The second-order valence-corrected chi connectivity index (χ2v) is 5.80. The van der Waals surface area contributed by atoms with Gasteiger partial charge < -0.3 is 10.6 Å². The topological polar surface area (TPSA) is 46.3 Å². The molecule has 1 aliphatic carbocycles. The molecule has 1 aliphatic rings. The summed E-state index contributed by atoms with van der Waals surface area (Å²) in [6.45, 7) is 0. The number of benzene rings is 1. The Bertz CT molecular complexity index is 441. The molecule has 2 rings (SSSR count). The fraction of sp³-hybridized carbons (Fsp3) is 0.500. The molecule has 0 heterocycles.